The summed E-state index contributed by atoms with van der Waals surface area (Å²) in [6, 6.07) is -0.0262. The second-order valence-electron chi connectivity index (χ2n) is 7.09. The molecule has 1 N–H and O–H groups in total. The van der Waals surface area contributed by atoms with E-state index in [-0.39, 0.29) is 31.1 Å². The van der Waals surface area contributed by atoms with Gasteiger partial charge in [-0.1, -0.05) is 19.1 Å². The van der Waals surface area contributed by atoms with Crippen molar-refractivity contribution in [2.75, 3.05) is 19.7 Å². The first-order valence-electron chi connectivity index (χ1n) is 8.53. The molecule has 0 aromatic heterocycles. The Morgan fingerprint density at radius 3 is 2.88 bits per heavy atom. The second-order valence-corrected chi connectivity index (χ2v) is 7.09. The fourth-order valence-electron chi connectivity index (χ4n) is 3.68. The van der Waals surface area contributed by atoms with Crippen LogP contribution < -0.4 is 0 Å². The third-order valence-corrected chi connectivity index (χ3v) is 5.55. The van der Waals surface area contributed by atoms with E-state index < -0.39 is 17.5 Å². The summed E-state index contributed by atoms with van der Waals surface area (Å²) in [7, 11) is 0. The SMILES string of the molecule is C/C=C1/CC(C)C(C)(O)C(=O)OCC2=CCN3CCC(OC1=O)C23. The number of esters is 2. The van der Waals surface area contributed by atoms with Gasteiger partial charge < -0.3 is 14.6 Å². The maximum absolute atomic E-state index is 12.5. The highest BCUT2D eigenvalue weighted by atomic mass is 16.6. The zero-order valence-electron chi connectivity index (χ0n) is 14.4. The predicted octanol–water partition coefficient (Wildman–Crippen LogP) is 1.19. The van der Waals surface area contributed by atoms with Gasteiger partial charge in [0, 0.05) is 18.7 Å². The molecule has 3 aliphatic rings. The summed E-state index contributed by atoms with van der Waals surface area (Å²) in [6.45, 7) is 6.71. The van der Waals surface area contributed by atoms with Crippen molar-refractivity contribution in [2.45, 2.75) is 51.4 Å². The fraction of sp³-hybridized carbons (Fsp3) is 0.667. The summed E-state index contributed by atoms with van der Waals surface area (Å²) >= 11 is 0. The molecular formula is C18H25NO5. The van der Waals surface area contributed by atoms with Crippen LogP contribution in [0.3, 0.4) is 0 Å². The van der Waals surface area contributed by atoms with E-state index >= 15 is 0 Å². The first-order chi connectivity index (χ1) is 11.3. The second kappa shape index (κ2) is 6.33. The summed E-state index contributed by atoms with van der Waals surface area (Å²) in [5.41, 5.74) is -0.218. The van der Waals surface area contributed by atoms with Gasteiger partial charge in [0.05, 0.1) is 6.04 Å². The number of ether oxygens (including phenoxy) is 2. The average Bonchev–Trinajstić information content (AvgIpc) is 3.12. The van der Waals surface area contributed by atoms with Gasteiger partial charge in [-0.15, -0.1) is 0 Å². The van der Waals surface area contributed by atoms with Gasteiger partial charge in [0.25, 0.3) is 0 Å². The molecule has 132 valence electrons. The van der Waals surface area contributed by atoms with Crippen LogP contribution in [0.5, 0.6) is 0 Å². The van der Waals surface area contributed by atoms with Crippen molar-refractivity contribution in [1.82, 2.24) is 4.90 Å². The van der Waals surface area contributed by atoms with Gasteiger partial charge in [-0.25, -0.2) is 9.59 Å². The molecule has 4 unspecified atom stereocenters. The number of allylic oxidation sites excluding steroid dienone is 1. The van der Waals surface area contributed by atoms with Gasteiger partial charge in [0.2, 0.25) is 0 Å². The van der Waals surface area contributed by atoms with Crippen LogP contribution in [0, 0.1) is 5.92 Å². The Kier molecular flexibility index (Phi) is 4.53. The lowest BCUT2D eigenvalue weighted by molar-refractivity contribution is -0.169. The zero-order valence-corrected chi connectivity index (χ0v) is 14.4. The number of hydrogen-bond donors (Lipinski definition) is 1. The van der Waals surface area contributed by atoms with Crippen LogP contribution in [0.15, 0.2) is 23.3 Å². The van der Waals surface area contributed by atoms with Crippen molar-refractivity contribution in [3.63, 3.8) is 0 Å². The number of carbonyl (C=O) groups excluding carboxylic acids is 2. The molecule has 6 nitrogen and oxygen atoms in total. The van der Waals surface area contributed by atoms with E-state index in [0.29, 0.717) is 5.57 Å². The maximum atomic E-state index is 12.5. The van der Waals surface area contributed by atoms with Crippen LogP contribution in [0.2, 0.25) is 0 Å². The number of cyclic esters (lactones) is 1. The quantitative estimate of drug-likeness (QED) is 0.407. The molecule has 0 saturated carbocycles. The van der Waals surface area contributed by atoms with Crippen molar-refractivity contribution >= 4 is 11.9 Å². The van der Waals surface area contributed by atoms with Crippen molar-refractivity contribution in [2.24, 2.45) is 5.92 Å². The Morgan fingerprint density at radius 1 is 1.42 bits per heavy atom. The molecule has 3 rings (SSSR count). The van der Waals surface area contributed by atoms with Gasteiger partial charge in [-0.05, 0) is 38.2 Å². The lowest BCUT2D eigenvalue weighted by Crippen LogP contribution is -2.45. The number of aliphatic hydroxyl groups is 1. The highest BCUT2D eigenvalue weighted by Crippen LogP contribution is 2.34. The van der Waals surface area contributed by atoms with Gasteiger partial charge in [0.1, 0.15) is 12.7 Å². The Bertz CT molecular complexity index is 607. The molecule has 0 aromatic carbocycles. The molecule has 0 aliphatic carbocycles. The minimum absolute atomic E-state index is 0.0262. The highest BCUT2D eigenvalue weighted by Gasteiger charge is 2.45. The van der Waals surface area contributed by atoms with E-state index in [1.54, 1.807) is 19.9 Å². The number of carbonyl (C=O) groups is 2. The number of nitrogens with zero attached hydrogens (tertiary/aromatic N) is 1. The lowest BCUT2D eigenvalue weighted by atomic mass is 9.85. The molecule has 4 atom stereocenters. The van der Waals surface area contributed by atoms with E-state index in [1.807, 2.05) is 6.08 Å². The molecule has 0 bridgehead atoms. The molecule has 0 amide bonds. The number of rotatable bonds is 0. The van der Waals surface area contributed by atoms with Crippen molar-refractivity contribution in [1.29, 1.82) is 0 Å². The molecule has 24 heavy (non-hydrogen) atoms. The van der Waals surface area contributed by atoms with Crippen molar-refractivity contribution in [3.8, 4) is 0 Å². The van der Waals surface area contributed by atoms with Gasteiger partial charge in [0.15, 0.2) is 5.60 Å². The molecular weight excluding hydrogens is 310 g/mol. The standard InChI is InChI=1S/C18H25NO5/c1-4-12-9-11(2)18(3,22)17(21)23-10-13-5-7-19-8-6-14(15(13)19)24-16(12)20/h4-5,11,14-15,22H,6-10H2,1-3H3/b12-4-. The molecule has 0 aromatic rings. The van der Waals surface area contributed by atoms with E-state index in [4.69, 9.17) is 9.47 Å². The van der Waals surface area contributed by atoms with Crippen LogP contribution in [0.25, 0.3) is 0 Å². The highest BCUT2D eigenvalue weighted by molar-refractivity contribution is 5.89. The van der Waals surface area contributed by atoms with Crippen LogP contribution in [-0.2, 0) is 19.1 Å². The van der Waals surface area contributed by atoms with Crippen LogP contribution >= 0.6 is 0 Å². The molecule has 6 heteroatoms. The Balaban J connectivity index is 1.91. The number of hydrogen-bond acceptors (Lipinski definition) is 6. The smallest absolute Gasteiger partial charge is 0.338 e. The van der Waals surface area contributed by atoms with E-state index in [2.05, 4.69) is 4.90 Å². The molecule has 2 saturated heterocycles. The summed E-state index contributed by atoms with van der Waals surface area (Å²) in [5.74, 6) is -1.46. The van der Waals surface area contributed by atoms with Crippen LogP contribution in [0.1, 0.15) is 33.6 Å². The lowest BCUT2D eigenvalue weighted by Gasteiger charge is -2.31. The molecule has 3 heterocycles. The third-order valence-electron chi connectivity index (χ3n) is 5.55. The Hall–Kier alpha value is -1.66. The normalized spacial score (nSPS) is 39.6. The maximum Gasteiger partial charge on any atom is 0.338 e. The Morgan fingerprint density at radius 2 is 2.17 bits per heavy atom. The first kappa shape index (κ1) is 17.2. The molecule has 0 radical (unpaired) electrons. The first-order valence-corrected chi connectivity index (χ1v) is 8.53. The Labute approximate surface area is 142 Å². The van der Waals surface area contributed by atoms with Crippen molar-refractivity contribution in [3.05, 3.63) is 23.3 Å². The van der Waals surface area contributed by atoms with E-state index in [1.165, 1.54) is 6.92 Å². The fourth-order valence-corrected chi connectivity index (χ4v) is 3.68. The minimum Gasteiger partial charge on any atom is -0.459 e. The van der Waals surface area contributed by atoms with E-state index in [0.717, 1.165) is 25.1 Å². The zero-order chi connectivity index (χ0) is 17.5. The summed E-state index contributed by atoms with van der Waals surface area (Å²) in [5, 5.41) is 10.6. The van der Waals surface area contributed by atoms with Crippen LogP contribution in [-0.4, -0.2) is 59.4 Å². The van der Waals surface area contributed by atoms with Crippen LogP contribution in [0.4, 0.5) is 0 Å². The van der Waals surface area contributed by atoms with Gasteiger partial charge in [-0.3, -0.25) is 4.90 Å². The molecule has 0 spiro atoms. The van der Waals surface area contributed by atoms with Gasteiger partial charge >= 0.3 is 11.9 Å². The largest absolute Gasteiger partial charge is 0.459 e. The summed E-state index contributed by atoms with van der Waals surface area (Å²) in [6.07, 6.45) is 4.56. The van der Waals surface area contributed by atoms with Gasteiger partial charge in [-0.2, -0.15) is 0 Å². The molecule has 3 aliphatic heterocycles. The minimum atomic E-state index is -1.65. The van der Waals surface area contributed by atoms with E-state index in [9.17, 15) is 14.7 Å². The summed E-state index contributed by atoms with van der Waals surface area (Å²) in [4.78, 5) is 27.1. The summed E-state index contributed by atoms with van der Waals surface area (Å²) < 4.78 is 11.2. The molecule has 2 fully saturated rings. The topological polar surface area (TPSA) is 76.1 Å². The predicted molar refractivity (Wildman–Crippen MR) is 87.1 cm³/mol. The van der Waals surface area contributed by atoms with Crippen molar-refractivity contribution < 1.29 is 24.2 Å². The average molecular weight is 335 g/mol. The third kappa shape index (κ3) is 2.89. The monoisotopic (exact) mass is 335 g/mol.